The molecule has 0 bridgehead atoms. The van der Waals surface area contributed by atoms with Crippen LogP contribution in [0.2, 0.25) is 0 Å². The van der Waals surface area contributed by atoms with E-state index in [0.717, 1.165) is 18.5 Å². The number of thioether (sulfide) groups is 1. The minimum absolute atomic E-state index is 0.0577. The van der Waals surface area contributed by atoms with Crippen molar-refractivity contribution in [3.63, 3.8) is 0 Å². The zero-order valence-electron chi connectivity index (χ0n) is 16.4. The number of amides is 1. The summed E-state index contributed by atoms with van der Waals surface area (Å²) in [5.41, 5.74) is 2.60. The first-order chi connectivity index (χ1) is 13.5. The molecule has 3 rings (SSSR count). The van der Waals surface area contributed by atoms with Gasteiger partial charge in [-0.25, -0.2) is 4.98 Å². The molecular weight excluding hydrogens is 370 g/mol. The van der Waals surface area contributed by atoms with E-state index in [1.54, 1.807) is 10.6 Å². The van der Waals surface area contributed by atoms with E-state index in [2.05, 4.69) is 17.2 Å². The molecule has 1 N–H and O–H groups in total. The van der Waals surface area contributed by atoms with E-state index in [1.807, 2.05) is 56.3 Å². The quantitative estimate of drug-likeness (QED) is 0.473. The number of carbonyl (C=O) groups is 1. The molecule has 146 valence electrons. The van der Waals surface area contributed by atoms with Gasteiger partial charge in [0.05, 0.1) is 16.2 Å². The standard InChI is InChI=1S/C22H25N3O2S/c1-4-14-25-21(27)18-8-6-7-9-19(18)24-22(25)28-15(3)20(26)23-17-12-10-16(5-2)11-13-17/h6-13,15H,4-5,14H2,1-3H3,(H,23,26). The molecule has 6 heteroatoms. The maximum Gasteiger partial charge on any atom is 0.262 e. The average molecular weight is 396 g/mol. The second kappa shape index (κ2) is 9.06. The van der Waals surface area contributed by atoms with Gasteiger partial charge in [0.25, 0.3) is 5.56 Å². The van der Waals surface area contributed by atoms with Crippen LogP contribution in [0.25, 0.3) is 10.9 Å². The molecule has 0 saturated heterocycles. The van der Waals surface area contributed by atoms with E-state index in [9.17, 15) is 9.59 Å². The third kappa shape index (κ3) is 4.44. The maximum absolute atomic E-state index is 12.9. The molecule has 0 aliphatic heterocycles. The monoisotopic (exact) mass is 395 g/mol. The highest BCUT2D eigenvalue weighted by Crippen LogP contribution is 2.24. The molecule has 0 aliphatic rings. The van der Waals surface area contributed by atoms with Crippen molar-refractivity contribution < 1.29 is 4.79 Å². The Bertz CT molecular complexity index is 1030. The third-order valence-corrected chi connectivity index (χ3v) is 5.65. The summed E-state index contributed by atoms with van der Waals surface area (Å²) in [6.07, 6.45) is 1.78. The topological polar surface area (TPSA) is 64.0 Å². The molecule has 1 unspecified atom stereocenters. The Balaban J connectivity index is 1.82. The van der Waals surface area contributed by atoms with E-state index < -0.39 is 0 Å². The van der Waals surface area contributed by atoms with Crippen molar-refractivity contribution in [3.8, 4) is 0 Å². The molecule has 0 radical (unpaired) electrons. The number of aryl methyl sites for hydroxylation is 1. The molecule has 5 nitrogen and oxygen atoms in total. The van der Waals surface area contributed by atoms with Gasteiger partial charge in [-0.1, -0.05) is 49.9 Å². The van der Waals surface area contributed by atoms with Crippen LogP contribution in [0.1, 0.15) is 32.8 Å². The van der Waals surface area contributed by atoms with Crippen LogP contribution in [-0.4, -0.2) is 20.7 Å². The molecule has 1 atom stereocenters. The number of fused-ring (bicyclic) bond motifs is 1. The highest BCUT2D eigenvalue weighted by Gasteiger charge is 2.19. The van der Waals surface area contributed by atoms with Crippen LogP contribution in [0.3, 0.4) is 0 Å². The van der Waals surface area contributed by atoms with Crippen molar-refractivity contribution in [3.05, 3.63) is 64.4 Å². The Kier molecular flexibility index (Phi) is 6.52. The van der Waals surface area contributed by atoms with Crippen LogP contribution in [-0.2, 0) is 17.8 Å². The van der Waals surface area contributed by atoms with Gasteiger partial charge < -0.3 is 5.32 Å². The van der Waals surface area contributed by atoms with Gasteiger partial charge in [-0.05, 0) is 49.6 Å². The summed E-state index contributed by atoms with van der Waals surface area (Å²) in [7, 11) is 0. The minimum Gasteiger partial charge on any atom is -0.325 e. The second-order valence-corrected chi connectivity index (χ2v) is 7.98. The van der Waals surface area contributed by atoms with Crippen molar-refractivity contribution in [1.29, 1.82) is 0 Å². The molecule has 0 saturated carbocycles. The van der Waals surface area contributed by atoms with Crippen molar-refractivity contribution in [2.45, 2.75) is 50.6 Å². The van der Waals surface area contributed by atoms with Gasteiger partial charge in [-0.2, -0.15) is 0 Å². The van der Waals surface area contributed by atoms with Gasteiger partial charge in [-0.15, -0.1) is 0 Å². The minimum atomic E-state index is -0.387. The molecular formula is C22H25N3O2S. The molecule has 0 aliphatic carbocycles. The molecule has 0 spiro atoms. The fourth-order valence-electron chi connectivity index (χ4n) is 2.94. The molecule has 1 heterocycles. The Hall–Kier alpha value is -2.60. The van der Waals surface area contributed by atoms with Gasteiger partial charge >= 0.3 is 0 Å². The van der Waals surface area contributed by atoms with Crippen LogP contribution in [0.15, 0.2) is 58.5 Å². The third-order valence-electron chi connectivity index (χ3n) is 4.55. The van der Waals surface area contributed by atoms with Crippen molar-refractivity contribution in [2.75, 3.05) is 5.32 Å². The average Bonchev–Trinajstić information content (AvgIpc) is 2.71. The Morgan fingerprint density at radius 1 is 1.14 bits per heavy atom. The number of aromatic nitrogens is 2. The highest BCUT2D eigenvalue weighted by molar-refractivity contribution is 8.00. The SMILES string of the molecule is CCCn1c(SC(C)C(=O)Nc2ccc(CC)cc2)nc2ccccc2c1=O. The summed E-state index contributed by atoms with van der Waals surface area (Å²) in [5, 5.41) is 3.74. The number of carbonyl (C=O) groups excluding carboxylic acids is 1. The van der Waals surface area contributed by atoms with Crippen LogP contribution in [0, 0.1) is 0 Å². The Morgan fingerprint density at radius 3 is 2.54 bits per heavy atom. The summed E-state index contributed by atoms with van der Waals surface area (Å²) in [6.45, 7) is 6.52. The summed E-state index contributed by atoms with van der Waals surface area (Å²) in [5.74, 6) is -0.111. The van der Waals surface area contributed by atoms with E-state index in [0.29, 0.717) is 22.6 Å². The number of anilines is 1. The van der Waals surface area contributed by atoms with Gasteiger partial charge in [0.2, 0.25) is 5.91 Å². The van der Waals surface area contributed by atoms with Crippen molar-refractivity contribution >= 4 is 34.3 Å². The first-order valence-corrected chi connectivity index (χ1v) is 10.5. The second-order valence-electron chi connectivity index (χ2n) is 6.67. The fraction of sp³-hybridized carbons (Fsp3) is 0.318. The van der Waals surface area contributed by atoms with E-state index in [1.165, 1.54) is 17.3 Å². The van der Waals surface area contributed by atoms with Gasteiger partial charge in [0.1, 0.15) is 0 Å². The van der Waals surface area contributed by atoms with Crippen LogP contribution < -0.4 is 10.9 Å². The number of rotatable bonds is 7. The zero-order valence-corrected chi connectivity index (χ0v) is 17.3. The van der Waals surface area contributed by atoms with Gasteiger partial charge in [-0.3, -0.25) is 14.2 Å². The zero-order chi connectivity index (χ0) is 20.1. The van der Waals surface area contributed by atoms with Crippen LogP contribution in [0.4, 0.5) is 5.69 Å². The number of nitrogens with one attached hydrogen (secondary N) is 1. The van der Waals surface area contributed by atoms with Crippen LogP contribution in [0.5, 0.6) is 0 Å². The van der Waals surface area contributed by atoms with E-state index >= 15 is 0 Å². The Labute approximate surface area is 169 Å². The predicted molar refractivity (Wildman–Crippen MR) is 116 cm³/mol. The van der Waals surface area contributed by atoms with E-state index in [4.69, 9.17) is 0 Å². The summed E-state index contributed by atoms with van der Waals surface area (Å²) in [4.78, 5) is 30.1. The van der Waals surface area contributed by atoms with Gasteiger partial charge in [0, 0.05) is 12.2 Å². The smallest absolute Gasteiger partial charge is 0.262 e. The summed E-state index contributed by atoms with van der Waals surface area (Å²) in [6, 6.07) is 15.2. The van der Waals surface area contributed by atoms with E-state index in [-0.39, 0.29) is 16.7 Å². The fourth-order valence-corrected chi connectivity index (χ4v) is 3.87. The maximum atomic E-state index is 12.9. The number of nitrogens with zero attached hydrogens (tertiary/aromatic N) is 2. The number of hydrogen-bond donors (Lipinski definition) is 1. The molecule has 2 aromatic carbocycles. The normalized spacial score (nSPS) is 12.1. The number of benzene rings is 2. The molecule has 3 aromatic rings. The molecule has 1 aromatic heterocycles. The first-order valence-electron chi connectivity index (χ1n) is 9.59. The van der Waals surface area contributed by atoms with Crippen molar-refractivity contribution in [1.82, 2.24) is 9.55 Å². The number of para-hydroxylation sites is 1. The molecule has 0 fully saturated rings. The largest absolute Gasteiger partial charge is 0.325 e. The lowest BCUT2D eigenvalue weighted by molar-refractivity contribution is -0.115. The van der Waals surface area contributed by atoms with Crippen molar-refractivity contribution in [2.24, 2.45) is 0 Å². The molecule has 1 amide bonds. The lowest BCUT2D eigenvalue weighted by Gasteiger charge is -2.16. The molecule has 28 heavy (non-hydrogen) atoms. The summed E-state index contributed by atoms with van der Waals surface area (Å²) < 4.78 is 1.67. The lowest BCUT2D eigenvalue weighted by atomic mass is 10.1. The van der Waals surface area contributed by atoms with Crippen LogP contribution >= 0.6 is 11.8 Å². The first kappa shape index (κ1) is 20.1. The number of hydrogen-bond acceptors (Lipinski definition) is 4. The highest BCUT2D eigenvalue weighted by atomic mass is 32.2. The Morgan fingerprint density at radius 2 is 1.86 bits per heavy atom. The predicted octanol–water partition coefficient (Wildman–Crippen LogP) is 4.49. The summed E-state index contributed by atoms with van der Waals surface area (Å²) >= 11 is 1.31. The van der Waals surface area contributed by atoms with Gasteiger partial charge in [0.15, 0.2) is 5.16 Å². The lowest BCUT2D eigenvalue weighted by Crippen LogP contribution is -2.27.